The van der Waals surface area contributed by atoms with Crippen LogP contribution in [0.25, 0.3) is 11.1 Å². The third-order valence-corrected chi connectivity index (χ3v) is 4.63. The van der Waals surface area contributed by atoms with Crippen LogP contribution in [0.5, 0.6) is 0 Å². The minimum Gasteiger partial charge on any atom is -0.463 e. The minimum absolute atomic E-state index is 0.0787. The molecule has 0 aliphatic heterocycles. The van der Waals surface area contributed by atoms with Gasteiger partial charge in [0.25, 0.3) is 5.91 Å². The lowest BCUT2D eigenvalue weighted by Gasteiger charge is -2.14. The van der Waals surface area contributed by atoms with Crippen molar-refractivity contribution in [2.45, 2.75) is 12.6 Å². The fraction of sp³-hybridized carbons (Fsp3) is 0.136. The molecule has 0 aliphatic rings. The summed E-state index contributed by atoms with van der Waals surface area (Å²) in [6, 6.07) is 18.8. The molecule has 6 heteroatoms. The van der Waals surface area contributed by atoms with E-state index in [0.717, 1.165) is 16.6 Å². The van der Waals surface area contributed by atoms with E-state index in [0.29, 0.717) is 17.8 Å². The number of rotatable bonds is 6. The Hall–Kier alpha value is -3.38. The second kappa shape index (κ2) is 7.70. The SMILES string of the molecule is O=C(NCC(O)c1ccccc1)c1cc2occc2n1Cc1cccc(F)c1. The number of carbonyl (C=O) groups excluding carboxylic acids is 1. The van der Waals surface area contributed by atoms with E-state index in [1.807, 2.05) is 18.2 Å². The Bertz CT molecular complexity index is 1100. The third-order valence-electron chi connectivity index (χ3n) is 4.63. The molecule has 4 aromatic rings. The summed E-state index contributed by atoms with van der Waals surface area (Å²) in [6.07, 6.45) is 0.743. The number of nitrogens with one attached hydrogen (secondary N) is 1. The van der Waals surface area contributed by atoms with Gasteiger partial charge in [0.15, 0.2) is 5.58 Å². The first-order valence-corrected chi connectivity index (χ1v) is 8.94. The highest BCUT2D eigenvalue weighted by molar-refractivity contribution is 5.97. The number of halogens is 1. The highest BCUT2D eigenvalue weighted by Gasteiger charge is 2.19. The number of aliphatic hydroxyl groups is 1. The van der Waals surface area contributed by atoms with Gasteiger partial charge in [-0.3, -0.25) is 4.79 Å². The summed E-state index contributed by atoms with van der Waals surface area (Å²) in [5.41, 5.74) is 3.17. The van der Waals surface area contributed by atoms with Crippen molar-refractivity contribution < 1.29 is 18.7 Å². The van der Waals surface area contributed by atoms with E-state index >= 15 is 0 Å². The number of hydrogen-bond acceptors (Lipinski definition) is 3. The van der Waals surface area contributed by atoms with E-state index in [1.54, 1.807) is 47.2 Å². The molecule has 0 aliphatic carbocycles. The molecule has 1 unspecified atom stereocenters. The Morgan fingerprint density at radius 2 is 1.93 bits per heavy atom. The van der Waals surface area contributed by atoms with E-state index in [4.69, 9.17) is 4.42 Å². The van der Waals surface area contributed by atoms with Crippen LogP contribution in [-0.4, -0.2) is 22.1 Å². The molecule has 1 amide bonds. The molecule has 28 heavy (non-hydrogen) atoms. The molecular formula is C22H19FN2O3. The molecule has 0 fully saturated rings. The first-order valence-electron chi connectivity index (χ1n) is 8.94. The van der Waals surface area contributed by atoms with Crippen molar-refractivity contribution in [3.8, 4) is 0 Å². The average molecular weight is 378 g/mol. The van der Waals surface area contributed by atoms with Crippen LogP contribution in [0.1, 0.15) is 27.7 Å². The maximum Gasteiger partial charge on any atom is 0.268 e. The number of hydrogen-bond donors (Lipinski definition) is 2. The van der Waals surface area contributed by atoms with Crippen LogP contribution < -0.4 is 5.32 Å². The fourth-order valence-electron chi connectivity index (χ4n) is 3.23. The fourth-order valence-corrected chi connectivity index (χ4v) is 3.23. The van der Waals surface area contributed by atoms with Gasteiger partial charge in [-0.05, 0) is 23.3 Å². The van der Waals surface area contributed by atoms with Crippen LogP contribution in [-0.2, 0) is 6.54 Å². The summed E-state index contributed by atoms with van der Waals surface area (Å²) >= 11 is 0. The van der Waals surface area contributed by atoms with E-state index in [1.165, 1.54) is 12.1 Å². The van der Waals surface area contributed by atoms with Gasteiger partial charge in [0, 0.05) is 25.2 Å². The lowest BCUT2D eigenvalue weighted by Crippen LogP contribution is -2.30. The van der Waals surface area contributed by atoms with Crippen molar-refractivity contribution in [1.82, 2.24) is 9.88 Å². The Labute approximate surface area is 161 Å². The van der Waals surface area contributed by atoms with Crippen molar-refractivity contribution in [2.24, 2.45) is 0 Å². The molecule has 2 aromatic heterocycles. The van der Waals surface area contributed by atoms with Crippen molar-refractivity contribution in [2.75, 3.05) is 6.54 Å². The number of aromatic nitrogens is 1. The zero-order valence-electron chi connectivity index (χ0n) is 15.0. The number of benzene rings is 2. The van der Waals surface area contributed by atoms with Gasteiger partial charge in [-0.2, -0.15) is 0 Å². The standard InChI is InChI=1S/C22H19FN2O3/c23-17-8-4-5-15(11-17)14-25-18-9-10-28-21(18)12-19(25)22(27)24-13-20(26)16-6-2-1-3-7-16/h1-12,20,26H,13-14H2,(H,24,27). The summed E-state index contributed by atoms with van der Waals surface area (Å²) in [6.45, 7) is 0.403. The average Bonchev–Trinajstić information content (AvgIpc) is 3.29. The molecule has 2 N–H and O–H groups in total. The van der Waals surface area contributed by atoms with E-state index in [-0.39, 0.29) is 18.3 Å². The lowest BCUT2D eigenvalue weighted by molar-refractivity contribution is 0.0908. The summed E-state index contributed by atoms with van der Waals surface area (Å²) < 4.78 is 20.7. The molecule has 0 radical (unpaired) electrons. The van der Waals surface area contributed by atoms with Crippen molar-refractivity contribution in [3.63, 3.8) is 0 Å². The summed E-state index contributed by atoms with van der Waals surface area (Å²) in [5, 5.41) is 13.0. The van der Waals surface area contributed by atoms with Gasteiger partial charge in [-0.15, -0.1) is 0 Å². The Morgan fingerprint density at radius 1 is 1.11 bits per heavy atom. The third kappa shape index (κ3) is 3.68. The van der Waals surface area contributed by atoms with Crippen LogP contribution in [0.4, 0.5) is 4.39 Å². The molecule has 1 atom stereocenters. The number of furan rings is 1. The Kier molecular flexibility index (Phi) is 4.95. The molecule has 0 bridgehead atoms. The highest BCUT2D eigenvalue weighted by atomic mass is 19.1. The molecule has 2 heterocycles. The van der Waals surface area contributed by atoms with Gasteiger partial charge in [0.05, 0.1) is 17.9 Å². The maximum absolute atomic E-state index is 13.5. The van der Waals surface area contributed by atoms with Crippen molar-refractivity contribution in [3.05, 3.63) is 95.6 Å². The normalized spacial score (nSPS) is 12.2. The van der Waals surface area contributed by atoms with Gasteiger partial charge in [0.1, 0.15) is 11.5 Å². The second-order valence-corrected chi connectivity index (χ2v) is 6.55. The maximum atomic E-state index is 13.5. The molecule has 4 rings (SSSR count). The minimum atomic E-state index is -0.806. The van der Waals surface area contributed by atoms with Gasteiger partial charge in [-0.1, -0.05) is 42.5 Å². The molecule has 0 saturated carbocycles. The summed E-state index contributed by atoms with van der Waals surface area (Å²) in [5.74, 6) is -0.664. The first kappa shape index (κ1) is 18.0. The number of amides is 1. The van der Waals surface area contributed by atoms with Crippen molar-refractivity contribution >= 4 is 17.0 Å². The Balaban J connectivity index is 1.56. The lowest BCUT2D eigenvalue weighted by atomic mass is 10.1. The summed E-state index contributed by atoms with van der Waals surface area (Å²) in [7, 11) is 0. The predicted octanol–water partition coefficient (Wildman–Crippen LogP) is 3.89. The number of carbonyl (C=O) groups is 1. The van der Waals surface area contributed by atoms with E-state index < -0.39 is 6.10 Å². The van der Waals surface area contributed by atoms with Crippen LogP contribution in [0.15, 0.2) is 77.4 Å². The van der Waals surface area contributed by atoms with Crippen LogP contribution in [0, 0.1) is 5.82 Å². The second-order valence-electron chi connectivity index (χ2n) is 6.55. The molecule has 0 spiro atoms. The predicted molar refractivity (Wildman–Crippen MR) is 103 cm³/mol. The zero-order valence-corrected chi connectivity index (χ0v) is 15.0. The van der Waals surface area contributed by atoms with E-state index in [9.17, 15) is 14.3 Å². The van der Waals surface area contributed by atoms with Crippen LogP contribution >= 0.6 is 0 Å². The molecule has 0 saturated heterocycles. The quantitative estimate of drug-likeness (QED) is 0.535. The Morgan fingerprint density at radius 3 is 2.71 bits per heavy atom. The highest BCUT2D eigenvalue weighted by Crippen LogP contribution is 2.23. The smallest absolute Gasteiger partial charge is 0.268 e. The van der Waals surface area contributed by atoms with Gasteiger partial charge >= 0.3 is 0 Å². The number of aliphatic hydroxyl groups excluding tert-OH is 1. The van der Waals surface area contributed by atoms with Crippen molar-refractivity contribution in [1.29, 1.82) is 0 Å². The molecule has 2 aromatic carbocycles. The van der Waals surface area contributed by atoms with Crippen LogP contribution in [0.2, 0.25) is 0 Å². The monoisotopic (exact) mass is 378 g/mol. The largest absolute Gasteiger partial charge is 0.463 e. The topological polar surface area (TPSA) is 67.4 Å². The number of nitrogens with zero attached hydrogens (tertiary/aromatic N) is 1. The zero-order chi connectivity index (χ0) is 19.5. The van der Waals surface area contributed by atoms with Gasteiger partial charge in [0.2, 0.25) is 0 Å². The first-order chi connectivity index (χ1) is 13.6. The van der Waals surface area contributed by atoms with Gasteiger partial charge < -0.3 is 19.4 Å². The molecular weight excluding hydrogens is 359 g/mol. The molecule has 142 valence electrons. The van der Waals surface area contributed by atoms with E-state index in [2.05, 4.69) is 5.32 Å². The summed E-state index contributed by atoms with van der Waals surface area (Å²) in [4.78, 5) is 12.8. The molecule has 5 nitrogen and oxygen atoms in total. The van der Waals surface area contributed by atoms with Gasteiger partial charge in [-0.25, -0.2) is 4.39 Å². The number of fused-ring (bicyclic) bond motifs is 1. The van der Waals surface area contributed by atoms with Crippen LogP contribution in [0.3, 0.4) is 0 Å².